The summed E-state index contributed by atoms with van der Waals surface area (Å²) in [6, 6.07) is 7.05. The Bertz CT molecular complexity index is 647. The third kappa shape index (κ3) is 6.15. The Morgan fingerprint density at radius 1 is 1.33 bits per heavy atom. The molecule has 0 aromatic heterocycles. The topological polar surface area (TPSA) is 58.6 Å². The number of carbonyl (C=O) groups is 2. The molecule has 1 N–H and O–H groups in total. The van der Waals surface area contributed by atoms with Crippen LogP contribution in [0.2, 0.25) is 0 Å². The van der Waals surface area contributed by atoms with Crippen molar-refractivity contribution in [1.29, 1.82) is 0 Å². The van der Waals surface area contributed by atoms with E-state index in [-0.39, 0.29) is 24.9 Å². The molecule has 1 fully saturated rings. The lowest BCUT2D eigenvalue weighted by atomic mass is 9.99. The number of alkyl halides is 3. The number of nitrogens with one attached hydrogen (secondary N) is 1. The zero-order valence-corrected chi connectivity index (χ0v) is 15.5. The smallest absolute Gasteiger partial charge is 0.406 e. The van der Waals surface area contributed by atoms with E-state index in [4.69, 9.17) is 4.74 Å². The van der Waals surface area contributed by atoms with Gasteiger partial charge in [-0.3, -0.25) is 9.59 Å². The van der Waals surface area contributed by atoms with E-state index in [0.717, 1.165) is 18.4 Å². The second-order valence-electron chi connectivity index (χ2n) is 6.77. The number of nitrogens with zero attached hydrogens (tertiary/aromatic N) is 1. The minimum atomic E-state index is -4.46. The first-order valence-electron chi connectivity index (χ1n) is 9.02. The molecule has 150 valence electrons. The van der Waals surface area contributed by atoms with E-state index in [0.29, 0.717) is 17.1 Å². The number of likely N-dealkylation sites (tertiary alicyclic amines) is 1. The maximum Gasteiger partial charge on any atom is 0.406 e. The first-order valence-corrected chi connectivity index (χ1v) is 9.02. The second kappa shape index (κ2) is 9.10. The number of unbranched alkanes of at least 4 members (excludes halogenated alkanes) is 1. The predicted octanol–water partition coefficient (Wildman–Crippen LogP) is 3.45. The minimum absolute atomic E-state index is 0.189. The summed E-state index contributed by atoms with van der Waals surface area (Å²) in [6.07, 6.45) is -2.11. The number of carbonyl (C=O) groups excluding carboxylic acids is 2. The van der Waals surface area contributed by atoms with Crippen LogP contribution in [0.15, 0.2) is 24.3 Å². The normalized spacial score (nSPS) is 18.5. The zero-order valence-electron chi connectivity index (χ0n) is 15.5. The van der Waals surface area contributed by atoms with E-state index in [2.05, 4.69) is 5.32 Å². The number of ether oxygens (including phenoxy) is 1. The first-order chi connectivity index (χ1) is 12.7. The molecule has 0 spiro atoms. The van der Waals surface area contributed by atoms with Crippen LogP contribution in [-0.4, -0.2) is 43.1 Å². The molecular weight excluding hydrogens is 361 g/mol. The summed E-state index contributed by atoms with van der Waals surface area (Å²) in [5.41, 5.74) is 0.897. The summed E-state index contributed by atoms with van der Waals surface area (Å²) in [4.78, 5) is 25.1. The third-order valence-corrected chi connectivity index (χ3v) is 4.64. The highest BCUT2D eigenvalue weighted by molar-refractivity contribution is 5.89. The van der Waals surface area contributed by atoms with Crippen LogP contribution in [0.1, 0.15) is 44.2 Å². The Morgan fingerprint density at radius 2 is 2.00 bits per heavy atom. The molecule has 8 heteroatoms. The minimum Gasteiger partial charge on any atom is -0.497 e. The van der Waals surface area contributed by atoms with Crippen molar-refractivity contribution in [1.82, 2.24) is 10.2 Å². The molecule has 5 nitrogen and oxygen atoms in total. The monoisotopic (exact) mass is 386 g/mol. The largest absolute Gasteiger partial charge is 0.497 e. The van der Waals surface area contributed by atoms with Crippen molar-refractivity contribution >= 4 is 11.8 Å². The van der Waals surface area contributed by atoms with Gasteiger partial charge in [-0.25, -0.2) is 0 Å². The molecule has 1 saturated heterocycles. The van der Waals surface area contributed by atoms with Crippen molar-refractivity contribution in [2.45, 2.75) is 44.8 Å². The molecule has 2 amide bonds. The first kappa shape index (κ1) is 21.1. The lowest BCUT2D eigenvalue weighted by Gasteiger charge is -2.22. The standard InChI is InChI=1S/C19H25F3N2O3/c1-3-4-5-16(13-6-8-15(27-2)9-7-13)23-18(26)14-10-17(25)24(11-14)12-19(20,21)22/h6-9,14,16H,3-5,10-12H2,1-2H3,(H,23,26). The number of halogens is 3. The molecule has 0 radical (unpaired) electrons. The van der Waals surface area contributed by atoms with Crippen molar-refractivity contribution in [3.63, 3.8) is 0 Å². The van der Waals surface area contributed by atoms with Crippen LogP contribution in [-0.2, 0) is 9.59 Å². The van der Waals surface area contributed by atoms with E-state index in [1.165, 1.54) is 0 Å². The summed E-state index contributed by atoms with van der Waals surface area (Å²) in [6.45, 7) is 0.526. The van der Waals surface area contributed by atoms with Crippen LogP contribution in [0.3, 0.4) is 0 Å². The van der Waals surface area contributed by atoms with Crippen LogP contribution in [0.5, 0.6) is 5.75 Å². The molecule has 1 aromatic rings. The highest BCUT2D eigenvalue weighted by Crippen LogP contribution is 2.26. The van der Waals surface area contributed by atoms with Gasteiger partial charge in [0.05, 0.1) is 19.1 Å². The van der Waals surface area contributed by atoms with Gasteiger partial charge in [-0.05, 0) is 24.1 Å². The summed E-state index contributed by atoms with van der Waals surface area (Å²) in [5, 5.41) is 2.91. The van der Waals surface area contributed by atoms with Crippen molar-refractivity contribution < 1.29 is 27.5 Å². The van der Waals surface area contributed by atoms with E-state index in [9.17, 15) is 22.8 Å². The van der Waals surface area contributed by atoms with E-state index >= 15 is 0 Å². The zero-order chi connectivity index (χ0) is 20.0. The molecule has 1 aliphatic rings. The maximum atomic E-state index is 12.6. The molecule has 0 bridgehead atoms. The van der Waals surface area contributed by atoms with Crippen molar-refractivity contribution in [2.75, 3.05) is 20.2 Å². The van der Waals surface area contributed by atoms with Gasteiger partial charge in [0.1, 0.15) is 12.3 Å². The van der Waals surface area contributed by atoms with Gasteiger partial charge in [-0.15, -0.1) is 0 Å². The molecular formula is C19H25F3N2O3. The third-order valence-electron chi connectivity index (χ3n) is 4.64. The average Bonchev–Trinajstić information content (AvgIpc) is 2.97. The fourth-order valence-electron chi connectivity index (χ4n) is 3.17. The van der Waals surface area contributed by atoms with E-state index < -0.39 is 24.5 Å². The fourth-order valence-corrected chi connectivity index (χ4v) is 3.17. The number of methoxy groups -OCH3 is 1. The van der Waals surface area contributed by atoms with Gasteiger partial charge in [0.15, 0.2) is 0 Å². The van der Waals surface area contributed by atoms with E-state index in [1.54, 1.807) is 19.2 Å². The summed E-state index contributed by atoms with van der Waals surface area (Å²) in [7, 11) is 1.56. The Morgan fingerprint density at radius 3 is 2.56 bits per heavy atom. The van der Waals surface area contributed by atoms with Crippen molar-refractivity contribution in [2.24, 2.45) is 5.92 Å². The Balaban J connectivity index is 2.03. The second-order valence-corrected chi connectivity index (χ2v) is 6.77. The predicted molar refractivity (Wildman–Crippen MR) is 94.1 cm³/mol. The highest BCUT2D eigenvalue weighted by atomic mass is 19.4. The van der Waals surface area contributed by atoms with Crippen LogP contribution in [0.25, 0.3) is 0 Å². The number of amides is 2. The van der Waals surface area contributed by atoms with Crippen LogP contribution >= 0.6 is 0 Å². The van der Waals surface area contributed by atoms with E-state index in [1.807, 2.05) is 19.1 Å². The summed E-state index contributed by atoms with van der Waals surface area (Å²) >= 11 is 0. The summed E-state index contributed by atoms with van der Waals surface area (Å²) in [5.74, 6) is -1.09. The fraction of sp³-hybridized carbons (Fsp3) is 0.579. The van der Waals surface area contributed by atoms with Gasteiger partial charge in [-0.2, -0.15) is 13.2 Å². The quantitative estimate of drug-likeness (QED) is 0.745. The van der Waals surface area contributed by atoms with Gasteiger partial charge >= 0.3 is 6.18 Å². The number of benzene rings is 1. The molecule has 2 atom stereocenters. The number of rotatable bonds is 8. The van der Waals surface area contributed by atoms with Gasteiger partial charge in [-0.1, -0.05) is 31.9 Å². The number of hydrogen-bond donors (Lipinski definition) is 1. The molecule has 0 aliphatic carbocycles. The lowest BCUT2D eigenvalue weighted by Crippen LogP contribution is -2.38. The Hall–Kier alpha value is -2.25. The van der Waals surface area contributed by atoms with Crippen molar-refractivity contribution in [3.05, 3.63) is 29.8 Å². The van der Waals surface area contributed by atoms with Gasteiger partial charge in [0.2, 0.25) is 11.8 Å². The molecule has 2 rings (SSSR count). The number of hydrogen-bond acceptors (Lipinski definition) is 3. The van der Waals surface area contributed by atoms with Crippen LogP contribution in [0, 0.1) is 5.92 Å². The van der Waals surface area contributed by atoms with Crippen LogP contribution in [0.4, 0.5) is 13.2 Å². The Kier molecular flexibility index (Phi) is 7.10. The maximum absolute atomic E-state index is 12.6. The SMILES string of the molecule is CCCCC(NC(=O)C1CC(=O)N(CC(F)(F)F)C1)c1ccc(OC)cc1. The highest BCUT2D eigenvalue weighted by Gasteiger charge is 2.40. The lowest BCUT2D eigenvalue weighted by molar-refractivity contribution is -0.157. The van der Waals surface area contributed by atoms with Crippen molar-refractivity contribution in [3.8, 4) is 5.75 Å². The molecule has 1 aromatic carbocycles. The van der Waals surface area contributed by atoms with Crippen LogP contribution < -0.4 is 10.1 Å². The molecule has 0 saturated carbocycles. The van der Waals surface area contributed by atoms with Gasteiger partial charge in [0.25, 0.3) is 0 Å². The molecule has 1 heterocycles. The molecule has 1 aliphatic heterocycles. The molecule has 27 heavy (non-hydrogen) atoms. The molecule has 2 unspecified atom stereocenters. The summed E-state index contributed by atoms with van der Waals surface area (Å²) < 4.78 is 42.7. The van der Waals surface area contributed by atoms with Gasteiger partial charge in [0, 0.05) is 13.0 Å². The average molecular weight is 386 g/mol. The van der Waals surface area contributed by atoms with Gasteiger partial charge < -0.3 is 15.0 Å². The Labute approximate surface area is 156 Å².